The molecular weight excluding hydrogens is 285 g/mol. The molecule has 3 rings (SSSR count). The van der Waals surface area contributed by atoms with Crippen molar-refractivity contribution in [1.82, 2.24) is 9.97 Å². The maximum Gasteiger partial charge on any atom is 0.149 e. The highest BCUT2D eigenvalue weighted by Gasteiger charge is 2.09. The Bertz CT molecular complexity index is 811. The van der Waals surface area contributed by atoms with E-state index in [9.17, 15) is 4.39 Å². The molecule has 0 bridgehead atoms. The lowest BCUT2D eigenvalue weighted by molar-refractivity contribution is 0.636. The van der Waals surface area contributed by atoms with E-state index in [1.54, 1.807) is 17.4 Å². The third kappa shape index (κ3) is 2.74. The van der Waals surface area contributed by atoms with E-state index in [1.165, 1.54) is 10.9 Å². The molecule has 2 aromatic heterocycles. The number of nitrogens with zero attached hydrogens (tertiary/aromatic N) is 2. The van der Waals surface area contributed by atoms with Gasteiger partial charge in [0.2, 0.25) is 0 Å². The van der Waals surface area contributed by atoms with Gasteiger partial charge < -0.3 is 5.32 Å². The first-order valence-corrected chi connectivity index (χ1v) is 7.59. The molecular formula is C16H16FN3S. The van der Waals surface area contributed by atoms with Gasteiger partial charge in [0.25, 0.3) is 0 Å². The van der Waals surface area contributed by atoms with Gasteiger partial charge in [0.15, 0.2) is 0 Å². The van der Waals surface area contributed by atoms with Crippen LogP contribution >= 0.6 is 11.3 Å². The molecule has 1 aromatic carbocycles. The fourth-order valence-corrected chi connectivity index (χ4v) is 3.24. The first-order valence-electron chi connectivity index (χ1n) is 6.77. The van der Waals surface area contributed by atoms with Crippen molar-refractivity contribution in [2.75, 3.05) is 5.32 Å². The van der Waals surface area contributed by atoms with Crippen LogP contribution in [0.1, 0.15) is 21.3 Å². The summed E-state index contributed by atoms with van der Waals surface area (Å²) in [5.41, 5.74) is 3.13. The van der Waals surface area contributed by atoms with Crippen LogP contribution in [-0.4, -0.2) is 9.97 Å². The Kier molecular flexibility index (Phi) is 3.59. The third-order valence-corrected chi connectivity index (χ3v) is 4.29. The van der Waals surface area contributed by atoms with Crippen LogP contribution in [0, 0.1) is 26.6 Å². The Morgan fingerprint density at radius 2 is 2.00 bits per heavy atom. The lowest BCUT2D eigenvalue weighted by Gasteiger charge is -2.10. The molecule has 3 aromatic rings. The summed E-state index contributed by atoms with van der Waals surface area (Å²) in [7, 11) is 0. The highest BCUT2D eigenvalue weighted by Crippen LogP contribution is 2.26. The molecule has 21 heavy (non-hydrogen) atoms. The lowest BCUT2D eigenvalue weighted by Crippen LogP contribution is -2.03. The first-order chi connectivity index (χ1) is 10.0. The number of nitrogens with one attached hydrogen (secondary N) is 1. The largest absolute Gasteiger partial charge is 0.379 e. The number of thiazole rings is 1. The summed E-state index contributed by atoms with van der Waals surface area (Å²) in [6.07, 6.45) is 0. The van der Waals surface area contributed by atoms with Crippen LogP contribution in [0.4, 0.5) is 10.1 Å². The molecule has 0 atom stereocenters. The van der Waals surface area contributed by atoms with Gasteiger partial charge in [-0.3, -0.25) is 0 Å². The second kappa shape index (κ2) is 5.41. The smallest absolute Gasteiger partial charge is 0.149 e. The van der Waals surface area contributed by atoms with Gasteiger partial charge in [-0.15, -0.1) is 11.3 Å². The molecule has 2 heterocycles. The van der Waals surface area contributed by atoms with Crippen LogP contribution in [0.5, 0.6) is 0 Å². The van der Waals surface area contributed by atoms with Crippen molar-refractivity contribution in [3.8, 4) is 0 Å². The Labute approximate surface area is 126 Å². The summed E-state index contributed by atoms with van der Waals surface area (Å²) in [5, 5.41) is 5.22. The van der Waals surface area contributed by atoms with Crippen molar-refractivity contribution in [3.05, 3.63) is 51.4 Å². The monoisotopic (exact) mass is 301 g/mol. The Morgan fingerprint density at radius 1 is 1.19 bits per heavy atom. The molecule has 1 N–H and O–H groups in total. The molecule has 0 unspecified atom stereocenters. The molecule has 5 heteroatoms. The van der Waals surface area contributed by atoms with Gasteiger partial charge in [0.05, 0.1) is 17.2 Å². The standard InChI is InChI=1S/C16H16FN3S/c1-9-7-14(12-5-4-6-13(17)16(12)19-9)18-8-15-10(2)21-11(3)20-15/h4-7H,8H2,1-3H3,(H,18,19). The highest BCUT2D eigenvalue weighted by molar-refractivity contribution is 7.11. The summed E-state index contributed by atoms with van der Waals surface area (Å²) in [6, 6.07) is 6.97. The van der Waals surface area contributed by atoms with Crippen molar-refractivity contribution in [1.29, 1.82) is 0 Å². The van der Waals surface area contributed by atoms with Crippen molar-refractivity contribution in [3.63, 3.8) is 0 Å². The Morgan fingerprint density at radius 3 is 2.71 bits per heavy atom. The van der Waals surface area contributed by atoms with Crippen LogP contribution in [0.3, 0.4) is 0 Å². The fourth-order valence-electron chi connectivity index (χ4n) is 2.40. The summed E-state index contributed by atoms with van der Waals surface area (Å²) in [4.78, 5) is 10.0. The zero-order valence-electron chi connectivity index (χ0n) is 12.2. The predicted molar refractivity (Wildman–Crippen MR) is 85.4 cm³/mol. The zero-order chi connectivity index (χ0) is 15.0. The maximum atomic E-state index is 13.9. The fraction of sp³-hybridized carbons (Fsp3) is 0.250. The number of anilines is 1. The average Bonchev–Trinajstić information content (AvgIpc) is 2.75. The third-order valence-electron chi connectivity index (χ3n) is 3.36. The molecule has 0 saturated carbocycles. The van der Waals surface area contributed by atoms with Crippen LogP contribution in [0.15, 0.2) is 24.3 Å². The maximum absolute atomic E-state index is 13.9. The second-order valence-electron chi connectivity index (χ2n) is 5.04. The summed E-state index contributed by atoms with van der Waals surface area (Å²) in [5.74, 6) is -0.292. The van der Waals surface area contributed by atoms with Crippen LogP contribution < -0.4 is 5.32 Å². The molecule has 0 saturated heterocycles. The van der Waals surface area contributed by atoms with Gasteiger partial charge in [0.1, 0.15) is 11.3 Å². The molecule has 3 nitrogen and oxygen atoms in total. The van der Waals surface area contributed by atoms with E-state index in [4.69, 9.17) is 0 Å². The van der Waals surface area contributed by atoms with E-state index < -0.39 is 0 Å². The van der Waals surface area contributed by atoms with Gasteiger partial charge in [-0.2, -0.15) is 0 Å². The molecule has 0 aliphatic rings. The number of halogens is 1. The van der Waals surface area contributed by atoms with Gasteiger partial charge in [-0.25, -0.2) is 14.4 Å². The zero-order valence-corrected chi connectivity index (χ0v) is 13.0. The minimum atomic E-state index is -0.292. The number of benzene rings is 1. The number of aromatic nitrogens is 2. The second-order valence-corrected chi connectivity index (χ2v) is 6.44. The summed E-state index contributed by atoms with van der Waals surface area (Å²) >= 11 is 1.69. The van der Waals surface area contributed by atoms with Crippen molar-refractivity contribution >= 4 is 27.9 Å². The highest BCUT2D eigenvalue weighted by atomic mass is 32.1. The van der Waals surface area contributed by atoms with Gasteiger partial charge in [0, 0.05) is 21.6 Å². The molecule has 0 radical (unpaired) electrons. The van der Waals surface area contributed by atoms with Gasteiger partial charge >= 0.3 is 0 Å². The SMILES string of the molecule is Cc1cc(NCc2nc(C)sc2C)c2cccc(F)c2n1. The average molecular weight is 301 g/mol. The number of para-hydroxylation sites is 1. The lowest BCUT2D eigenvalue weighted by atomic mass is 10.1. The molecule has 108 valence electrons. The van der Waals surface area contributed by atoms with Crippen LogP contribution in [-0.2, 0) is 6.54 Å². The number of hydrogen-bond acceptors (Lipinski definition) is 4. The minimum Gasteiger partial charge on any atom is -0.379 e. The van der Waals surface area contributed by atoms with E-state index in [2.05, 4.69) is 22.2 Å². The number of rotatable bonds is 3. The summed E-state index contributed by atoms with van der Waals surface area (Å²) in [6.45, 7) is 6.57. The van der Waals surface area contributed by atoms with E-state index in [1.807, 2.05) is 26.0 Å². The quantitative estimate of drug-likeness (QED) is 0.780. The normalized spacial score (nSPS) is 11.0. The topological polar surface area (TPSA) is 37.8 Å². The summed E-state index contributed by atoms with van der Waals surface area (Å²) < 4.78 is 13.9. The van der Waals surface area contributed by atoms with Crippen molar-refractivity contribution in [2.45, 2.75) is 27.3 Å². The number of pyridine rings is 1. The molecule has 0 aliphatic carbocycles. The van der Waals surface area contributed by atoms with Gasteiger partial charge in [-0.1, -0.05) is 12.1 Å². The molecule has 0 aliphatic heterocycles. The minimum absolute atomic E-state index is 0.292. The molecule has 0 amide bonds. The van der Waals surface area contributed by atoms with Crippen LogP contribution in [0.2, 0.25) is 0 Å². The van der Waals surface area contributed by atoms with E-state index >= 15 is 0 Å². The number of fused-ring (bicyclic) bond motifs is 1. The van der Waals surface area contributed by atoms with Crippen LogP contribution in [0.25, 0.3) is 10.9 Å². The number of aryl methyl sites for hydroxylation is 3. The molecule has 0 spiro atoms. The van der Waals surface area contributed by atoms with Crippen molar-refractivity contribution in [2.24, 2.45) is 0 Å². The Balaban J connectivity index is 1.97. The van der Waals surface area contributed by atoms with Crippen molar-refractivity contribution < 1.29 is 4.39 Å². The van der Waals surface area contributed by atoms with Gasteiger partial charge in [-0.05, 0) is 32.9 Å². The number of hydrogen-bond donors (Lipinski definition) is 1. The molecule has 0 fully saturated rings. The van der Waals surface area contributed by atoms with E-state index in [0.717, 1.165) is 27.5 Å². The van der Waals surface area contributed by atoms with E-state index in [-0.39, 0.29) is 5.82 Å². The van der Waals surface area contributed by atoms with E-state index in [0.29, 0.717) is 12.1 Å². The Hall–Kier alpha value is -2.01. The predicted octanol–water partition coefficient (Wildman–Crippen LogP) is 4.37. The first kappa shape index (κ1) is 13.9.